The summed E-state index contributed by atoms with van der Waals surface area (Å²) in [6.45, 7) is -0.534. The van der Waals surface area contributed by atoms with Crippen molar-refractivity contribution >= 4 is 22.6 Å². The van der Waals surface area contributed by atoms with E-state index in [1.807, 2.05) is 0 Å². The highest BCUT2D eigenvalue weighted by Crippen LogP contribution is 2.15. The maximum absolute atomic E-state index is 12.2. The molecule has 0 bridgehead atoms. The number of rotatable bonds is 2. The molecule has 0 aliphatic heterocycles. The molecule has 3 nitrogen and oxygen atoms in total. The van der Waals surface area contributed by atoms with E-state index in [0.29, 0.717) is 3.70 Å². The molecule has 0 saturated heterocycles. The van der Waals surface area contributed by atoms with Crippen LogP contribution in [0.4, 0.5) is 8.78 Å². The van der Waals surface area contributed by atoms with Gasteiger partial charge < -0.3 is 10.1 Å². The topological polar surface area (TPSA) is 53.1 Å². The molecule has 13 heavy (non-hydrogen) atoms. The zero-order chi connectivity index (χ0) is 10.0. The molecular weight excluding hydrogens is 295 g/mol. The van der Waals surface area contributed by atoms with Gasteiger partial charge >= 0.3 is 0 Å². The van der Waals surface area contributed by atoms with Gasteiger partial charge in [-0.1, -0.05) is 0 Å². The molecule has 1 rings (SSSR count). The first-order chi connectivity index (χ1) is 6.07. The van der Waals surface area contributed by atoms with Gasteiger partial charge in [0.2, 0.25) is 0 Å². The number of hydrogen-bond donors (Lipinski definition) is 2. The number of aliphatic hydroxyl groups excluding tert-OH is 1. The SMILES string of the molecule is O=c1c(C(F)F)c[nH]c(I)c1CO. The molecular formula is C7H6F2INO2. The normalized spacial score (nSPS) is 10.8. The Morgan fingerprint density at radius 2 is 2.23 bits per heavy atom. The van der Waals surface area contributed by atoms with E-state index in [0.717, 1.165) is 6.20 Å². The van der Waals surface area contributed by atoms with Gasteiger partial charge in [-0.3, -0.25) is 4.79 Å². The second-order valence-corrected chi connectivity index (χ2v) is 3.40. The Hall–Kier alpha value is -0.500. The smallest absolute Gasteiger partial charge is 0.269 e. The van der Waals surface area contributed by atoms with Crippen LogP contribution in [0.1, 0.15) is 17.6 Å². The summed E-state index contributed by atoms with van der Waals surface area (Å²) in [6, 6.07) is 0. The highest BCUT2D eigenvalue weighted by molar-refractivity contribution is 14.1. The van der Waals surface area contributed by atoms with E-state index in [1.165, 1.54) is 0 Å². The van der Waals surface area contributed by atoms with Crippen molar-refractivity contribution < 1.29 is 13.9 Å². The molecule has 0 atom stereocenters. The summed E-state index contributed by atoms with van der Waals surface area (Å²) in [5.74, 6) is 0. The Morgan fingerprint density at radius 3 is 2.69 bits per heavy atom. The summed E-state index contributed by atoms with van der Waals surface area (Å²) in [5, 5.41) is 8.74. The lowest BCUT2D eigenvalue weighted by Gasteiger charge is -2.03. The van der Waals surface area contributed by atoms with Crippen LogP contribution in [0.3, 0.4) is 0 Å². The van der Waals surface area contributed by atoms with E-state index in [-0.39, 0.29) is 5.56 Å². The van der Waals surface area contributed by atoms with Crippen LogP contribution in [-0.4, -0.2) is 10.1 Å². The van der Waals surface area contributed by atoms with Crippen molar-refractivity contribution in [3.05, 3.63) is 31.2 Å². The Bertz CT molecular complexity index is 364. The van der Waals surface area contributed by atoms with Crippen LogP contribution in [0.15, 0.2) is 11.0 Å². The maximum atomic E-state index is 12.2. The van der Waals surface area contributed by atoms with Crippen LogP contribution < -0.4 is 5.43 Å². The van der Waals surface area contributed by atoms with Gasteiger partial charge in [0.1, 0.15) is 0 Å². The maximum Gasteiger partial charge on any atom is 0.269 e. The monoisotopic (exact) mass is 301 g/mol. The van der Waals surface area contributed by atoms with Gasteiger partial charge in [-0.15, -0.1) is 0 Å². The number of H-pyrrole nitrogens is 1. The zero-order valence-electron chi connectivity index (χ0n) is 6.35. The second-order valence-electron chi connectivity index (χ2n) is 2.32. The average Bonchev–Trinajstić information content (AvgIpc) is 2.04. The van der Waals surface area contributed by atoms with Crippen LogP contribution >= 0.6 is 22.6 Å². The van der Waals surface area contributed by atoms with E-state index in [2.05, 4.69) is 4.98 Å². The predicted octanol–water partition coefficient (Wildman–Crippen LogP) is 1.41. The number of alkyl halides is 2. The number of aromatic nitrogens is 1. The summed E-state index contributed by atoms with van der Waals surface area (Å²) in [4.78, 5) is 13.7. The summed E-state index contributed by atoms with van der Waals surface area (Å²) < 4.78 is 24.7. The zero-order valence-corrected chi connectivity index (χ0v) is 8.51. The van der Waals surface area contributed by atoms with Crippen LogP contribution in [-0.2, 0) is 6.61 Å². The predicted molar refractivity (Wildman–Crippen MR) is 50.7 cm³/mol. The fraction of sp³-hybridized carbons (Fsp3) is 0.286. The van der Waals surface area contributed by atoms with Gasteiger partial charge in [0.25, 0.3) is 6.43 Å². The van der Waals surface area contributed by atoms with Gasteiger partial charge in [0, 0.05) is 6.20 Å². The highest BCUT2D eigenvalue weighted by atomic mass is 127. The molecule has 6 heteroatoms. The summed E-state index contributed by atoms with van der Waals surface area (Å²) >= 11 is 1.77. The Balaban J connectivity index is 3.37. The molecule has 0 aliphatic rings. The number of aromatic amines is 1. The third kappa shape index (κ3) is 2.05. The lowest BCUT2D eigenvalue weighted by atomic mass is 10.2. The van der Waals surface area contributed by atoms with Gasteiger partial charge in [-0.25, -0.2) is 8.78 Å². The summed E-state index contributed by atoms with van der Waals surface area (Å²) in [6.07, 6.45) is -1.85. The summed E-state index contributed by atoms with van der Waals surface area (Å²) in [5.41, 5.74) is -1.41. The van der Waals surface area contributed by atoms with Crippen molar-refractivity contribution in [1.82, 2.24) is 4.98 Å². The standard InChI is InChI=1S/C7H6F2INO2/c8-6(9)3-1-11-7(10)4(2-12)5(3)13/h1,6,12H,2H2,(H,11,13). The lowest BCUT2D eigenvalue weighted by Crippen LogP contribution is -2.17. The van der Waals surface area contributed by atoms with Crippen LogP contribution in [0.2, 0.25) is 0 Å². The molecule has 0 unspecified atom stereocenters. The minimum atomic E-state index is -2.81. The third-order valence-corrected chi connectivity index (χ3v) is 2.51. The van der Waals surface area contributed by atoms with E-state index in [9.17, 15) is 13.6 Å². The molecule has 0 saturated carbocycles. The molecule has 0 aromatic carbocycles. The first-order valence-electron chi connectivity index (χ1n) is 3.37. The van der Waals surface area contributed by atoms with E-state index >= 15 is 0 Å². The minimum absolute atomic E-state index is 0.0154. The van der Waals surface area contributed by atoms with Crippen molar-refractivity contribution in [3.8, 4) is 0 Å². The Labute approximate surface area is 85.9 Å². The van der Waals surface area contributed by atoms with E-state index < -0.39 is 24.0 Å². The summed E-state index contributed by atoms with van der Waals surface area (Å²) in [7, 11) is 0. The van der Waals surface area contributed by atoms with Crippen LogP contribution in [0.5, 0.6) is 0 Å². The van der Waals surface area contributed by atoms with Gasteiger partial charge in [0.05, 0.1) is 21.4 Å². The first kappa shape index (κ1) is 10.6. The minimum Gasteiger partial charge on any atom is -0.391 e. The molecule has 0 amide bonds. The number of aliphatic hydroxyl groups is 1. The van der Waals surface area contributed by atoms with Gasteiger partial charge in [0.15, 0.2) is 5.43 Å². The fourth-order valence-corrected chi connectivity index (χ4v) is 1.44. The fourth-order valence-electron chi connectivity index (χ4n) is 0.871. The van der Waals surface area contributed by atoms with Crippen molar-refractivity contribution in [2.45, 2.75) is 13.0 Å². The van der Waals surface area contributed by atoms with Gasteiger partial charge in [-0.2, -0.15) is 0 Å². The van der Waals surface area contributed by atoms with E-state index in [4.69, 9.17) is 5.11 Å². The lowest BCUT2D eigenvalue weighted by molar-refractivity contribution is 0.149. The molecule has 0 radical (unpaired) electrons. The van der Waals surface area contributed by atoms with E-state index in [1.54, 1.807) is 22.6 Å². The Kier molecular flexibility index (Phi) is 3.37. The average molecular weight is 301 g/mol. The molecule has 0 fully saturated rings. The number of nitrogens with one attached hydrogen (secondary N) is 1. The quantitative estimate of drug-likeness (QED) is 0.641. The molecule has 1 aromatic heterocycles. The molecule has 1 heterocycles. The second kappa shape index (κ2) is 4.14. The third-order valence-electron chi connectivity index (χ3n) is 1.55. The molecule has 0 spiro atoms. The van der Waals surface area contributed by atoms with Crippen molar-refractivity contribution in [2.75, 3.05) is 0 Å². The molecule has 0 aliphatic carbocycles. The first-order valence-corrected chi connectivity index (χ1v) is 4.44. The van der Waals surface area contributed by atoms with Crippen molar-refractivity contribution in [1.29, 1.82) is 0 Å². The number of halogens is 3. The number of pyridine rings is 1. The molecule has 2 N–H and O–H groups in total. The van der Waals surface area contributed by atoms with Crippen LogP contribution in [0, 0.1) is 3.70 Å². The Morgan fingerprint density at radius 1 is 1.62 bits per heavy atom. The number of hydrogen-bond acceptors (Lipinski definition) is 2. The molecule has 72 valence electrons. The highest BCUT2D eigenvalue weighted by Gasteiger charge is 2.15. The van der Waals surface area contributed by atoms with Crippen LogP contribution in [0.25, 0.3) is 0 Å². The largest absolute Gasteiger partial charge is 0.391 e. The molecule has 1 aromatic rings. The van der Waals surface area contributed by atoms with Crippen molar-refractivity contribution in [3.63, 3.8) is 0 Å². The van der Waals surface area contributed by atoms with Gasteiger partial charge in [-0.05, 0) is 22.6 Å². The van der Waals surface area contributed by atoms with Crippen molar-refractivity contribution in [2.24, 2.45) is 0 Å².